The zero-order valence-electron chi connectivity index (χ0n) is 15.5. The Morgan fingerprint density at radius 2 is 2.16 bits per heavy atom. The van der Waals surface area contributed by atoms with Crippen molar-refractivity contribution >= 4 is 27.3 Å². The summed E-state index contributed by atoms with van der Waals surface area (Å²) >= 11 is 1.77. The first-order valence-electron chi connectivity index (χ1n) is 9.28. The van der Waals surface area contributed by atoms with E-state index in [1.807, 2.05) is 8.97 Å². The zero-order valence-corrected chi connectivity index (χ0v) is 16.3. The highest BCUT2D eigenvalue weighted by Crippen LogP contribution is 2.42. The SMILES string of the molecule is CCCCn1c(=O)c2c3c(sc2n2cnnc12)CC(C(C)(C)C)CC3. The van der Waals surface area contributed by atoms with Gasteiger partial charge in [0.1, 0.15) is 11.2 Å². The zero-order chi connectivity index (χ0) is 17.8. The van der Waals surface area contributed by atoms with Crippen molar-refractivity contribution in [2.45, 2.75) is 66.3 Å². The average Bonchev–Trinajstić information content (AvgIpc) is 3.17. The lowest BCUT2D eigenvalue weighted by Crippen LogP contribution is -2.27. The van der Waals surface area contributed by atoms with Gasteiger partial charge >= 0.3 is 0 Å². The van der Waals surface area contributed by atoms with Crippen LogP contribution < -0.4 is 5.56 Å². The summed E-state index contributed by atoms with van der Waals surface area (Å²) < 4.78 is 3.84. The second-order valence-corrected chi connectivity index (χ2v) is 9.38. The van der Waals surface area contributed by atoms with Crippen LogP contribution in [-0.4, -0.2) is 19.2 Å². The Balaban J connectivity index is 1.94. The summed E-state index contributed by atoms with van der Waals surface area (Å²) in [5.41, 5.74) is 1.71. The van der Waals surface area contributed by atoms with E-state index < -0.39 is 0 Å². The molecule has 1 aliphatic carbocycles. The number of hydrogen-bond donors (Lipinski definition) is 0. The second kappa shape index (κ2) is 5.94. The number of aryl methyl sites for hydroxylation is 2. The molecular weight excluding hydrogens is 332 g/mol. The van der Waals surface area contributed by atoms with Gasteiger partial charge in [0.25, 0.3) is 5.56 Å². The highest BCUT2D eigenvalue weighted by molar-refractivity contribution is 7.18. The molecule has 1 atom stereocenters. The molecule has 6 heteroatoms. The third-order valence-corrected chi connectivity index (χ3v) is 6.91. The van der Waals surface area contributed by atoms with Crippen LogP contribution in [0.25, 0.3) is 16.0 Å². The van der Waals surface area contributed by atoms with Gasteiger partial charge in [0.15, 0.2) is 0 Å². The maximum atomic E-state index is 13.2. The van der Waals surface area contributed by atoms with E-state index in [-0.39, 0.29) is 5.56 Å². The molecule has 0 spiro atoms. The van der Waals surface area contributed by atoms with Crippen LogP contribution >= 0.6 is 11.3 Å². The maximum absolute atomic E-state index is 13.2. The van der Waals surface area contributed by atoms with Crippen LogP contribution in [0.3, 0.4) is 0 Å². The van der Waals surface area contributed by atoms with E-state index in [4.69, 9.17) is 0 Å². The second-order valence-electron chi connectivity index (χ2n) is 8.30. The third kappa shape index (κ3) is 2.62. The van der Waals surface area contributed by atoms with Crippen molar-refractivity contribution in [3.05, 3.63) is 27.1 Å². The van der Waals surface area contributed by atoms with Crippen molar-refractivity contribution in [2.24, 2.45) is 11.3 Å². The van der Waals surface area contributed by atoms with E-state index in [1.54, 1.807) is 17.7 Å². The van der Waals surface area contributed by atoms with E-state index in [1.165, 1.54) is 10.4 Å². The quantitative estimate of drug-likeness (QED) is 0.709. The predicted molar refractivity (Wildman–Crippen MR) is 103 cm³/mol. The average molecular weight is 359 g/mol. The molecule has 134 valence electrons. The highest BCUT2D eigenvalue weighted by Gasteiger charge is 2.32. The van der Waals surface area contributed by atoms with E-state index in [0.717, 1.165) is 42.3 Å². The number of nitrogens with zero attached hydrogens (tertiary/aromatic N) is 4. The van der Waals surface area contributed by atoms with Crippen LogP contribution in [0.4, 0.5) is 0 Å². The first-order chi connectivity index (χ1) is 11.9. The van der Waals surface area contributed by atoms with Gasteiger partial charge in [0, 0.05) is 11.4 Å². The minimum absolute atomic E-state index is 0.121. The monoisotopic (exact) mass is 358 g/mol. The molecule has 4 rings (SSSR count). The Kier molecular flexibility index (Phi) is 3.98. The summed E-state index contributed by atoms with van der Waals surface area (Å²) in [5.74, 6) is 1.35. The molecule has 0 aliphatic heterocycles. The summed E-state index contributed by atoms with van der Waals surface area (Å²) in [4.78, 5) is 15.7. The van der Waals surface area contributed by atoms with Gasteiger partial charge in [0.05, 0.1) is 5.39 Å². The fourth-order valence-corrected chi connectivity index (χ4v) is 5.39. The van der Waals surface area contributed by atoms with Gasteiger partial charge in [0.2, 0.25) is 5.78 Å². The minimum atomic E-state index is 0.121. The lowest BCUT2D eigenvalue weighted by Gasteiger charge is -2.33. The van der Waals surface area contributed by atoms with E-state index >= 15 is 0 Å². The Labute approximate surface area is 151 Å². The molecule has 3 heterocycles. The van der Waals surface area contributed by atoms with Crippen LogP contribution in [0.2, 0.25) is 0 Å². The number of hydrogen-bond acceptors (Lipinski definition) is 4. The number of thiophene rings is 1. The molecule has 0 bridgehead atoms. The molecule has 1 unspecified atom stereocenters. The van der Waals surface area contributed by atoms with Crippen molar-refractivity contribution in [2.75, 3.05) is 0 Å². The number of unbranched alkanes of at least 4 members (excludes halogenated alkanes) is 1. The lowest BCUT2D eigenvalue weighted by atomic mass is 9.72. The largest absolute Gasteiger partial charge is 0.276 e. The van der Waals surface area contributed by atoms with Crippen molar-refractivity contribution in [1.29, 1.82) is 0 Å². The molecule has 0 N–H and O–H groups in total. The van der Waals surface area contributed by atoms with E-state index in [2.05, 4.69) is 37.9 Å². The summed E-state index contributed by atoms with van der Waals surface area (Å²) in [6, 6.07) is 0. The number of rotatable bonds is 3. The molecule has 1 aliphatic rings. The van der Waals surface area contributed by atoms with Crippen molar-refractivity contribution in [1.82, 2.24) is 19.2 Å². The molecular formula is C19H26N4OS. The molecule has 0 radical (unpaired) electrons. The maximum Gasteiger partial charge on any atom is 0.263 e. The fourth-order valence-electron chi connectivity index (χ4n) is 4.00. The molecule has 0 fully saturated rings. The molecule has 3 aromatic heterocycles. The molecule has 5 nitrogen and oxygen atoms in total. The molecule has 3 aromatic rings. The standard InChI is InChI=1S/C19H26N4OS/c1-5-6-9-22-16(24)15-13-8-7-12(19(2,3)4)10-14(13)25-17(15)23-11-20-21-18(22)23/h11-12H,5-10H2,1-4H3. The normalized spacial score (nSPS) is 18.2. The first kappa shape index (κ1) is 16.8. The van der Waals surface area contributed by atoms with Crippen molar-refractivity contribution < 1.29 is 0 Å². The first-order valence-corrected chi connectivity index (χ1v) is 10.1. The fraction of sp³-hybridized carbons (Fsp3) is 0.632. The Hall–Kier alpha value is -1.69. The van der Waals surface area contributed by atoms with Crippen LogP contribution in [0.15, 0.2) is 11.1 Å². The topological polar surface area (TPSA) is 52.2 Å². The van der Waals surface area contributed by atoms with Gasteiger partial charge < -0.3 is 0 Å². The summed E-state index contributed by atoms with van der Waals surface area (Å²) in [5, 5.41) is 9.22. The van der Waals surface area contributed by atoms with E-state index in [9.17, 15) is 4.79 Å². The van der Waals surface area contributed by atoms with Crippen LogP contribution in [0.5, 0.6) is 0 Å². The third-order valence-electron chi connectivity index (χ3n) is 5.66. The van der Waals surface area contributed by atoms with Gasteiger partial charge in [-0.05, 0) is 42.6 Å². The van der Waals surface area contributed by atoms with Crippen molar-refractivity contribution in [3.8, 4) is 0 Å². The lowest BCUT2D eigenvalue weighted by molar-refractivity contribution is 0.218. The highest BCUT2D eigenvalue weighted by atomic mass is 32.1. The van der Waals surface area contributed by atoms with Crippen LogP contribution in [0, 0.1) is 11.3 Å². The van der Waals surface area contributed by atoms with E-state index in [0.29, 0.717) is 23.7 Å². The molecule has 0 amide bonds. The summed E-state index contributed by atoms with van der Waals surface area (Å²) in [7, 11) is 0. The Morgan fingerprint density at radius 3 is 2.88 bits per heavy atom. The van der Waals surface area contributed by atoms with Gasteiger partial charge in [-0.3, -0.25) is 13.8 Å². The number of fused-ring (bicyclic) bond motifs is 5. The van der Waals surface area contributed by atoms with Gasteiger partial charge in [-0.1, -0.05) is 34.1 Å². The Bertz CT molecular complexity index is 989. The van der Waals surface area contributed by atoms with Gasteiger partial charge in [-0.2, -0.15) is 0 Å². The Morgan fingerprint density at radius 1 is 1.36 bits per heavy atom. The van der Waals surface area contributed by atoms with Gasteiger partial charge in [-0.25, -0.2) is 0 Å². The van der Waals surface area contributed by atoms with Gasteiger partial charge in [-0.15, -0.1) is 21.5 Å². The summed E-state index contributed by atoms with van der Waals surface area (Å²) in [6.45, 7) is 9.83. The number of aromatic nitrogens is 4. The predicted octanol–water partition coefficient (Wildman–Crippen LogP) is 4.06. The molecule has 0 saturated carbocycles. The van der Waals surface area contributed by atoms with Crippen LogP contribution in [0.1, 0.15) is 57.4 Å². The van der Waals surface area contributed by atoms with Crippen molar-refractivity contribution in [3.63, 3.8) is 0 Å². The smallest absolute Gasteiger partial charge is 0.263 e. The summed E-state index contributed by atoms with van der Waals surface area (Å²) in [6.07, 6.45) is 7.04. The minimum Gasteiger partial charge on any atom is -0.276 e. The molecule has 25 heavy (non-hydrogen) atoms. The molecule has 0 aromatic carbocycles. The van der Waals surface area contributed by atoms with Crippen LogP contribution in [-0.2, 0) is 19.4 Å². The molecule has 0 saturated heterocycles.